The van der Waals surface area contributed by atoms with Crippen LogP contribution in [0.15, 0.2) is 0 Å². The minimum Gasteiger partial charge on any atom is -0.0683 e. The second-order valence-corrected chi connectivity index (χ2v) is 17.4. The quantitative estimate of drug-likeness (QED) is 0.226. The van der Waals surface area contributed by atoms with Gasteiger partial charge < -0.3 is 0 Å². The molecule has 0 saturated heterocycles. The highest BCUT2D eigenvalue weighted by Crippen LogP contribution is 2.77. The van der Waals surface area contributed by atoms with Crippen LogP contribution in [0.5, 0.6) is 0 Å². The van der Waals surface area contributed by atoms with E-state index < -0.39 is 0 Å². The first-order chi connectivity index (χ1) is 19.7. The molecule has 42 heavy (non-hydrogen) atoms. The summed E-state index contributed by atoms with van der Waals surface area (Å²) in [5, 5.41) is 0. The van der Waals surface area contributed by atoms with Crippen molar-refractivity contribution >= 4 is 0 Å². The summed E-state index contributed by atoms with van der Waals surface area (Å²) in [6.45, 7) is 43.4. The summed E-state index contributed by atoms with van der Waals surface area (Å²) in [6.07, 6.45) is 12.7. The average Bonchev–Trinajstić information content (AvgIpc) is 2.93. The summed E-state index contributed by atoms with van der Waals surface area (Å²) in [4.78, 5) is 0. The summed E-state index contributed by atoms with van der Waals surface area (Å²) in [5.74, 6) is 11.1. The Labute approximate surface area is 268 Å². The molecule has 0 aromatic heterocycles. The topological polar surface area (TPSA) is 0 Å². The maximum absolute atomic E-state index is 2.84. The monoisotopic (exact) mass is 587 g/mol. The highest BCUT2D eigenvalue weighted by atomic mass is 14.8. The van der Waals surface area contributed by atoms with E-state index in [1.807, 2.05) is 13.8 Å². The van der Waals surface area contributed by atoms with Crippen molar-refractivity contribution < 1.29 is 0 Å². The molecule has 0 N–H and O–H groups in total. The minimum atomic E-state index is 0.442. The predicted molar refractivity (Wildman–Crippen MR) is 191 cm³/mol. The van der Waals surface area contributed by atoms with E-state index in [4.69, 9.17) is 0 Å². The van der Waals surface area contributed by atoms with Gasteiger partial charge in [-0.1, -0.05) is 150 Å². The molecule has 3 rings (SSSR count). The lowest BCUT2D eigenvalue weighted by molar-refractivity contribution is -0.273. The lowest BCUT2D eigenvalue weighted by Crippen LogP contribution is -2.69. The third-order valence-corrected chi connectivity index (χ3v) is 15.7. The van der Waals surface area contributed by atoms with Crippen molar-refractivity contribution in [3.63, 3.8) is 0 Å². The maximum Gasteiger partial charge on any atom is -0.0186 e. The Morgan fingerprint density at radius 1 is 0.762 bits per heavy atom. The highest BCUT2D eigenvalue weighted by molar-refractivity contribution is 5.19. The highest BCUT2D eigenvalue weighted by Gasteiger charge is 2.71. The van der Waals surface area contributed by atoms with E-state index in [0.29, 0.717) is 16.2 Å². The lowest BCUT2D eigenvalue weighted by atomic mass is 9.29. The van der Waals surface area contributed by atoms with Crippen LogP contribution in [0.2, 0.25) is 0 Å². The standard InChI is InChI=1S/C40H76.C2H6/c1-16-21-33(32(18-3)22-26(8)17-2)34-23-38(14)24-39(15)35(19-4)29(11)36(25(6)7)30(12)40(39,20-5)31(13)37(38)28(10)27(34)9;1-2/h25-37H,16-24H2,1-15H3;1-2H3. The zero-order valence-electron chi connectivity index (χ0n) is 32.4. The molecule has 0 aromatic rings. The fraction of sp³-hybridized carbons (Fsp3) is 1.00. The van der Waals surface area contributed by atoms with Crippen molar-refractivity contribution in [1.82, 2.24) is 0 Å². The van der Waals surface area contributed by atoms with Gasteiger partial charge in [0.1, 0.15) is 0 Å². The van der Waals surface area contributed by atoms with E-state index in [-0.39, 0.29) is 0 Å². The zero-order chi connectivity index (χ0) is 32.4. The molecule has 0 heteroatoms. The maximum atomic E-state index is 2.84. The molecule has 3 aliphatic rings. The van der Waals surface area contributed by atoms with E-state index in [1.54, 1.807) is 0 Å². The first kappa shape index (κ1) is 38.2. The summed E-state index contributed by atoms with van der Waals surface area (Å²) in [7, 11) is 0. The van der Waals surface area contributed by atoms with E-state index in [1.165, 1.54) is 57.8 Å². The van der Waals surface area contributed by atoms with Gasteiger partial charge in [0.05, 0.1) is 0 Å². The van der Waals surface area contributed by atoms with Gasteiger partial charge in [0.15, 0.2) is 0 Å². The van der Waals surface area contributed by atoms with Crippen molar-refractivity contribution in [3.05, 3.63) is 0 Å². The van der Waals surface area contributed by atoms with Crippen LogP contribution in [0.4, 0.5) is 0 Å². The van der Waals surface area contributed by atoms with E-state index in [0.717, 1.165) is 76.9 Å². The SMILES string of the molecule is CC.CCCC(C(CC)CC(C)CC)C1CC2(C)CC3(C)C(CC)C(C)C(C(C)C)C(C)C3(CC)C(C)C2C(C)C1C. The second-order valence-electron chi connectivity index (χ2n) is 17.4. The molecule has 0 radical (unpaired) electrons. The van der Waals surface area contributed by atoms with Crippen molar-refractivity contribution in [2.45, 2.75) is 175 Å². The van der Waals surface area contributed by atoms with Crippen LogP contribution < -0.4 is 0 Å². The molecule has 0 bridgehead atoms. The molecular formula is C42H82. The molecule has 250 valence electrons. The molecule has 0 aliphatic heterocycles. The van der Waals surface area contributed by atoms with Gasteiger partial charge in [0.25, 0.3) is 0 Å². The van der Waals surface area contributed by atoms with Gasteiger partial charge >= 0.3 is 0 Å². The summed E-state index contributed by atoms with van der Waals surface area (Å²) in [6, 6.07) is 0. The van der Waals surface area contributed by atoms with E-state index >= 15 is 0 Å². The number of hydrogen-bond acceptors (Lipinski definition) is 0. The predicted octanol–water partition coefficient (Wildman–Crippen LogP) is 13.8. The average molecular weight is 587 g/mol. The Morgan fingerprint density at radius 2 is 1.36 bits per heavy atom. The summed E-state index contributed by atoms with van der Waals surface area (Å²) in [5.41, 5.74) is 1.38. The van der Waals surface area contributed by atoms with Crippen molar-refractivity contribution in [1.29, 1.82) is 0 Å². The van der Waals surface area contributed by atoms with Crippen LogP contribution in [-0.4, -0.2) is 0 Å². The Kier molecular flexibility index (Phi) is 13.7. The van der Waals surface area contributed by atoms with Crippen LogP contribution in [-0.2, 0) is 0 Å². The smallest absolute Gasteiger partial charge is 0.0186 e. The molecule has 0 heterocycles. The third kappa shape index (κ3) is 6.08. The van der Waals surface area contributed by atoms with Crippen LogP contribution in [0.3, 0.4) is 0 Å². The summed E-state index contributed by atoms with van der Waals surface area (Å²) < 4.78 is 0. The molecule has 0 aromatic carbocycles. The Morgan fingerprint density at radius 3 is 1.81 bits per heavy atom. The van der Waals surface area contributed by atoms with Crippen molar-refractivity contribution in [2.24, 2.45) is 93.2 Å². The normalized spacial score (nSPS) is 45.7. The second kappa shape index (κ2) is 15.1. The molecule has 15 atom stereocenters. The van der Waals surface area contributed by atoms with Gasteiger partial charge in [-0.05, 0) is 119 Å². The molecule has 3 fully saturated rings. The Bertz CT molecular complexity index is 796. The number of hydrogen-bond donors (Lipinski definition) is 0. The molecule has 3 saturated carbocycles. The van der Waals surface area contributed by atoms with Crippen LogP contribution in [0, 0.1) is 93.2 Å². The van der Waals surface area contributed by atoms with Crippen LogP contribution in [0.1, 0.15) is 175 Å². The largest absolute Gasteiger partial charge is 0.0683 e. The molecule has 15 unspecified atom stereocenters. The van der Waals surface area contributed by atoms with Crippen molar-refractivity contribution in [3.8, 4) is 0 Å². The van der Waals surface area contributed by atoms with Gasteiger partial charge in [-0.15, -0.1) is 0 Å². The van der Waals surface area contributed by atoms with Gasteiger partial charge in [0, 0.05) is 0 Å². The first-order valence-corrected chi connectivity index (χ1v) is 19.7. The van der Waals surface area contributed by atoms with Crippen LogP contribution in [0.25, 0.3) is 0 Å². The Balaban J connectivity index is 0.00000301. The van der Waals surface area contributed by atoms with Gasteiger partial charge in [-0.3, -0.25) is 0 Å². The lowest BCUT2D eigenvalue weighted by Gasteiger charge is -2.75. The third-order valence-electron chi connectivity index (χ3n) is 15.7. The van der Waals surface area contributed by atoms with Gasteiger partial charge in [-0.25, -0.2) is 0 Å². The molecule has 0 nitrogen and oxygen atoms in total. The minimum absolute atomic E-state index is 0.442. The molecule has 3 aliphatic carbocycles. The van der Waals surface area contributed by atoms with Gasteiger partial charge in [-0.2, -0.15) is 0 Å². The number of fused-ring (bicyclic) bond motifs is 2. The van der Waals surface area contributed by atoms with E-state index in [9.17, 15) is 0 Å². The van der Waals surface area contributed by atoms with Crippen LogP contribution >= 0.6 is 0 Å². The Hall–Kier alpha value is 0. The van der Waals surface area contributed by atoms with Crippen molar-refractivity contribution in [2.75, 3.05) is 0 Å². The zero-order valence-corrected chi connectivity index (χ0v) is 32.4. The van der Waals surface area contributed by atoms with E-state index in [2.05, 4.69) is 104 Å². The van der Waals surface area contributed by atoms with Gasteiger partial charge in [0.2, 0.25) is 0 Å². The fourth-order valence-electron chi connectivity index (χ4n) is 14.4. The molecular weight excluding hydrogens is 504 g/mol. The molecule has 0 spiro atoms. The molecule has 0 amide bonds. The number of rotatable bonds is 11. The fourth-order valence-corrected chi connectivity index (χ4v) is 14.4. The summed E-state index contributed by atoms with van der Waals surface area (Å²) >= 11 is 0. The first-order valence-electron chi connectivity index (χ1n) is 19.7.